The topological polar surface area (TPSA) is 26.3 Å². The third kappa shape index (κ3) is 2.59. The van der Waals surface area contributed by atoms with Crippen LogP contribution in [0.4, 0.5) is 13.2 Å². The van der Waals surface area contributed by atoms with Crippen LogP contribution in [0.2, 0.25) is 0 Å². The summed E-state index contributed by atoms with van der Waals surface area (Å²) in [5.74, 6) is -1.42. The number of esters is 1. The Labute approximate surface area is 107 Å². The predicted octanol–water partition coefficient (Wildman–Crippen LogP) is 3.95. The summed E-state index contributed by atoms with van der Waals surface area (Å²) in [6.07, 6.45) is -3.78. The summed E-state index contributed by atoms with van der Waals surface area (Å²) >= 11 is 0. The minimum atomic E-state index is -4.60. The van der Waals surface area contributed by atoms with Crippen LogP contribution in [0.5, 0.6) is 5.75 Å². The van der Waals surface area contributed by atoms with Crippen molar-refractivity contribution < 1.29 is 22.7 Å². The lowest BCUT2D eigenvalue weighted by Gasteiger charge is -2.14. The summed E-state index contributed by atoms with van der Waals surface area (Å²) in [4.78, 5) is 11.2. The van der Waals surface area contributed by atoms with E-state index in [9.17, 15) is 18.0 Å². The first kappa shape index (κ1) is 13.1. The van der Waals surface area contributed by atoms with Gasteiger partial charge in [0.15, 0.2) is 5.75 Å². The van der Waals surface area contributed by atoms with Gasteiger partial charge in [0.25, 0.3) is 0 Å². The Bertz CT molecular complexity index is 645. The van der Waals surface area contributed by atoms with E-state index in [0.717, 1.165) is 12.1 Å². The molecule has 2 aromatic rings. The molecule has 0 saturated heterocycles. The zero-order valence-corrected chi connectivity index (χ0v) is 9.70. The third-order valence-corrected chi connectivity index (χ3v) is 2.55. The van der Waals surface area contributed by atoms with Crippen molar-refractivity contribution >= 4 is 16.7 Å². The molecule has 19 heavy (non-hydrogen) atoms. The number of alkyl halides is 3. The quantitative estimate of drug-likeness (QED) is 0.467. The normalized spacial score (nSPS) is 11.3. The predicted molar refractivity (Wildman–Crippen MR) is 64.8 cm³/mol. The number of fused-ring (bicyclic) bond motifs is 1. The fraction of sp³-hybridized carbons (Fsp3) is 0.0714. The van der Waals surface area contributed by atoms with Crippen molar-refractivity contribution in [2.45, 2.75) is 6.18 Å². The van der Waals surface area contributed by atoms with Gasteiger partial charge >= 0.3 is 12.1 Å². The maximum absolute atomic E-state index is 12.9. The molecule has 0 aliphatic heterocycles. The third-order valence-electron chi connectivity index (χ3n) is 2.55. The fourth-order valence-corrected chi connectivity index (χ4v) is 1.72. The highest BCUT2D eigenvalue weighted by molar-refractivity contribution is 5.93. The van der Waals surface area contributed by atoms with Crippen molar-refractivity contribution in [3.8, 4) is 5.75 Å². The van der Waals surface area contributed by atoms with E-state index in [1.54, 1.807) is 18.2 Å². The van der Waals surface area contributed by atoms with Gasteiger partial charge in [0.05, 0.1) is 5.56 Å². The number of hydrogen-bond donors (Lipinski definition) is 0. The van der Waals surface area contributed by atoms with E-state index < -0.39 is 23.5 Å². The van der Waals surface area contributed by atoms with Crippen molar-refractivity contribution in [2.75, 3.05) is 0 Å². The summed E-state index contributed by atoms with van der Waals surface area (Å²) in [5, 5.41) is 0.787. The smallest absolute Gasteiger partial charge is 0.420 e. The van der Waals surface area contributed by atoms with Crippen LogP contribution >= 0.6 is 0 Å². The first-order chi connectivity index (χ1) is 8.93. The Hall–Kier alpha value is -2.30. The van der Waals surface area contributed by atoms with Crippen LogP contribution in [-0.2, 0) is 11.0 Å². The van der Waals surface area contributed by atoms with E-state index in [2.05, 4.69) is 6.58 Å². The molecule has 0 N–H and O–H groups in total. The first-order valence-electron chi connectivity index (χ1n) is 5.36. The molecule has 2 nitrogen and oxygen atoms in total. The van der Waals surface area contributed by atoms with E-state index in [1.807, 2.05) is 0 Å². The van der Waals surface area contributed by atoms with Crippen LogP contribution in [0.25, 0.3) is 10.8 Å². The lowest BCUT2D eigenvalue weighted by Crippen LogP contribution is -2.12. The van der Waals surface area contributed by atoms with Gasteiger partial charge in [-0.25, -0.2) is 4.79 Å². The van der Waals surface area contributed by atoms with Gasteiger partial charge in [-0.2, -0.15) is 13.2 Å². The second-order valence-electron chi connectivity index (χ2n) is 3.79. The standard InChI is InChI=1S/C14H9F3O2/c1-2-12(18)19-13-10-6-4-3-5-9(10)7-8-11(13)14(15,16)17/h2-8H,1H2. The van der Waals surface area contributed by atoms with Gasteiger partial charge in [0.2, 0.25) is 0 Å². The highest BCUT2D eigenvalue weighted by Gasteiger charge is 2.35. The average molecular weight is 266 g/mol. The zero-order chi connectivity index (χ0) is 14.0. The number of rotatable bonds is 2. The molecule has 0 spiro atoms. The molecule has 0 aliphatic carbocycles. The van der Waals surface area contributed by atoms with E-state index in [0.29, 0.717) is 5.39 Å². The van der Waals surface area contributed by atoms with Gasteiger partial charge in [-0.15, -0.1) is 0 Å². The molecule has 0 unspecified atom stereocenters. The minimum absolute atomic E-state index is 0.229. The molecule has 0 bridgehead atoms. The van der Waals surface area contributed by atoms with E-state index >= 15 is 0 Å². The Morgan fingerprint density at radius 1 is 1.16 bits per heavy atom. The fourth-order valence-electron chi connectivity index (χ4n) is 1.72. The van der Waals surface area contributed by atoms with Gasteiger partial charge in [0, 0.05) is 11.5 Å². The number of halogens is 3. The molecule has 0 fully saturated rings. The van der Waals surface area contributed by atoms with Crippen molar-refractivity contribution in [3.05, 3.63) is 54.6 Å². The lowest BCUT2D eigenvalue weighted by atomic mass is 10.0. The largest absolute Gasteiger partial charge is 0.422 e. The summed E-state index contributed by atoms with van der Waals surface area (Å²) in [7, 11) is 0. The summed E-state index contributed by atoms with van der Waals surface area (Å²) in [6, 6.07) is 8.61. The number of carbonyl (C=O) groups excluding carboxylic acids is 1. The van der Waals surface area contributed by atoms with Crippen LogP contribution in [0.15, 0.2) is 49.1 Å². The van der Waals surface area contributed by atoms with Crippen LogP contribution in [0, 0.1) is 0 Å². The molecule has 0 aromatic heterocycles. The first-order valence-corrected chi connectivity index (χ1v) is 5.36. The molecule has 0 amide bonds. The number of hydrogen-bond acceptors (Lipinski definition) is 2. The highest BCUT2D eigenvalue weighted by atomic mass is 19.4. The summed E-state index contributed by atoms with van der Waals surface area (Å²) < 4.78 is 43.5. The molecule has 98 valence electrons. The molecular formula is C14H9F3O2. The molecule has 2 aromatic carbocycles. The SMILES string of the molecule is C=CC(=O)Oc1c(C(F)(F)F)ccc2ccccc12. The van der Waals surface area contributed by atoms with Gasteiger partial charge in [-0.1, -0.05) is 36.9 Å². The van der Waals surface area contributed by atoms with Gasteiger partial charge in [-0.3, -0.25) is 0 Å². The number of benzene rings is 2. The van der Waals surface area contributed by atoms with Crippen molar-refractivity contribution in [3.63, 3.8) is 0 Å². The Morgan fingerprint density at radius 3 is 2.47 bits per heavy atom. The summed E-state index contributed by atoms with van der Waals surface area (Å²) in [5.41, 5.74) is -0.985. The van der Waals surface area contributed by atoms with E-state index in [-0.39, 0.29) is 5.39 Å². The van der Waals surface area contributed by atoms with Crippen LogP contribution in [0.1, 0.15) is 5.56 Å². The molecule has 0 atom stereocenters. The second-order valence-corrected chi connectivity index (χ2v) is 3.79. The number of carbonyl (C=O) groups is 1. The van der Waals surface area contributed by atoms with Gasteiger partial charge in [0.1, 0.15) is 0 Å². The van der Waals surface area contributed by atoms with E-state index in [1.165, 1.54) is 12.1 Å². The van der Waals surface area contributed by atoms with Crippen molar-refractivity contribution in [2.24, 2.45) is 0 Å². The zero-order valence-electron chi connectivity index (χ0n) is 9.70. The van der Waals surface area contributed by atoms with Crippen LogP contribution < -0.4 is 4.74 Å². The maximum atomic E-state index is 12.9. The molecule has 0 aliphatic rings. The molecule has 0 heterocycles. The Balaban J connectivity index is 2.71. The molecule has 2 rings (SSSR count). The Kier molecular flexibility index (Phi) is 3.29. The monoisotopic (exact) mass is 266 g/mol. The van der Waals surface area contributed by atoms with Crippen molar-refractivity contribution in [1.82, 2.24) is 0 Å². The van der Waals surface area contributed by atoms with Gasteiger partial charge in [-0.05, 0) is 11.5 Å². The van der Waals surface area contributed by atoms with Crippen LogP contribution in [-0.4, -0.2) is 5.97 Å². The lowest BCUT2D eigenvalue weighted by molar-refractivity contribution is -0.140. The van der Waals surface area contributed by atoms with Crippen LogP contribution in [0.3, 0.4) is 0 Å². The Morgan fingerprint density at radius 2 is 1.84 bits per heavy atom. The molecule has 5 heteroatoms. The molecular weight excluding hydrogens is 257 g/mol. The average Bonchev–Trinajstić information content (AvgIpc) is 2.37. The van der Waals surface area contributed by atoms with Crippen molar-refractivity contribution in [1.29, 1.82) is 0 Å². The second kappa shape index (κ2) is 4.76. The maximum Gasteiger partial charge on any atom is 0.420 e. The number of ether oxygens (including phenoxy) is 1. The molecule has 0 saturated carbocycles. The molecule has 0 radical (unpaired) electrons. The van der Waals surface area contributed by atoms with Gasteiger partial charge < -0.3 is 4.74 Å². The summed E-state index contributed by atoms with van der Waals surface area (Å²) in [6.45, 7) is 3.17. The van der Waals surface area contributed by atoms with E-state index in [4.69, 9.17) is 4.74 Å². The minimum Gasteiger partial charge on any atom is -0.422 e. The highest BCUT2D eigenvalue weighted by Crippen LogP contribution is 2.40.